The van der Waals surface area contributed by atoms with E-state index in [0.717, 1.165) is 18.7 Å². The second-order valence-corrected chi connectivity index (χ2v) is 4.89. The van der Waals surface area contributed by atoms with Gasteiger partial charge in [-0.1, -0.05) is 39.0 Å². The minimum absolute atomic E-state index is 0.450. The van der Waals surface area contributed by atoms with E-state index in [4.69, 9.17) is 5.11 Å². The molecule has 1 unspecified atom stereocenters. The Morgan fingerprint density at radius 2 is 2.11 bits per heavy atom. The number of unbranched alkanes of at least 4 members (excludes halogenated alkanes) is 5. The van der Waals surface area contributed by atoms with Crippen LogP contribution < -0.4 is 5.32 Å². The largest absolute Gasteiger partial charge is 0.480 e. The smallest absolute Gasteiger partial charge is 0.321 e. The maximum Gasteiger partial charge on any atom is 0.321 e. The van der Waals surface area contributed by atoms with Crippen molar-refractivity contribution < 1.29 is 9.90 Å². The quantitative estimate of drug-likeness (QED) is 0.538. The third-order valence-electron chi connectivity index (χ3n) is 3.20. The van der Waals surface area contributed by atoms with Gasteiger partial charge in [0.25, 0.3) is 0 Å². The Morgan fingerprint density at radius 3 is 2.74 bits per heavy atom. The number of aromatic amines is 1. The highest BCUT2D eigenvalue weighted by atomic mass is 16.4. The van der Waals surface area contributed by atoms with Crippen LogP contribution in [0.4, 0.5) is 0 Å². The number of hydrogen-bond acceptors (Lipinski definition) is 3. The summed E-state index contributed by atoms with van der Waals surface area (Å²) in [7, 11) is 0. The summed E-state index contributed by atoms with van der Waals surface area (Å²) in [5, 5.41) is 12.2. The Morgan fingerprint density at radius 1 is 1.37 bits per heavy atom. The predicted molar refractivity (Wildman–Crippen MR) is 75.1 cm³/mol. The van der Waals surface area contributed by atoms with Crippen molar-refractivity contribution in [1.29, 1.82) is 0 Å². The van der Waals surface area contributed by atoms with Crippen LogP contribution >= 0.6 is 0 Å². The molecule has 5 heteroatoms. The Balaban J connectivity index is 2.14. The van der Waals surface area contributed by atoms with Gasteiger partial charge < -0.3 is 15.4 Å². The summed E-state index contributed by atoms with van der Waals surface area (Å²) in [5.41, 5.74) is 0.850. The first-order valence-corrected chi connectivity index (χ1v) is 7.17. The third-order valence-corrected chi connectivity index (χ3v) is 3.20. The number of imidazole rings is 1. The highest BCUT2D eigenvalue weighted by Gasteiger charge is 2.17. The number of H-pyrrole nitrogens is 1. The molecule has 0 aliphatic heterocycles. The molecule has 0 saturated carbocycles. The maximum absolute atomic E-state index is 11.1. The lowest BCUT2D eigenvalue weighted by Gasteiger charge is -2.13. The number of carbonyl (C=O) groups is 1. The van der Waals surface area contributed by atoms with Gasteiger partial charge in [-0.3, -0.25) is 4.79 Å². The monoisotopic (exact) mass is 267 g/mol. The van der Waals surface area contributed by atoms with E-state index in [9.17, 15) is 4.79 Å². The van der Waals surface area contributed by atoms with Crippen LogP contribution in [0.15, 0.2) is 12.5 Å². The minimum Gasteiger partial charge on any atom is -0.480 e. The normalized spacial score (nSPS) is 12.5. The van der Waals surface area contributed by atoms with Crippen LogP contribution in [0.1, 0.15) is 51.1 Å². The average molecular weight is 267 g/mol. The van der Waals surface area contributed by atoms with Gasteiger partial charge in [-0.2, -0.15) is 0 Å². The fraction of sp³-hybridized carbons (Fsp3) is 0.714. The van der Waals surface area contributed by atoms with Gasteiger partial charge >= 0.3 is 5.97 Å². The van der Waals surface area contributed by atoms with Crippen molar-refractivity contribution >= 4 is 5.97 Å². The van der Waals surface area contributed by atoms with Gasteiger partial charge in [0.15, 0.2) is 0 Å². The Hall–Kier alpha value is -1.36. The van der Waals surface area contributed by atoms with E-state index in [1.807, 2.05) is 0 Å². The molecule has 1 aromatic heterocycles. The number of hydrogen-bond donors (Lipinski definition) is 3. The van der Waals surface area contributed by atoms with Crippen LogP contribution in [0.3, 0.4) is 0 Å². The Labute approximate surface area is 114 Å². The zero-order valence-electron chi connectivity index (χ0n) is 11.7. The van der Waals surface area contributed by atoms with Gasteiger partial charge in [-0.15, -0.1) is 0 Å². The van der Waals surface area contributed by atoms with E-state index >= 15 is 0 Å². The van der Waals surface area contributed by atoms with Crippen LogP contribution in [0.2, 0.25) is 0 Å². The summed E-state index contributed by atoms with van der Waals surface area (Å²) in [6.07, 6.45) is 11.0. The minimum atomic E-state index is -0.805. The van der Waals surface area contributed by atoms with E-state index in [1.165, 1.54) is 32.1 Å². The fourth-order valence-electron chi connectivity index (χ4n) is 2.04. The lowest BCUT2D eigenvalue weighted by atomic mass is 10.1. The molecule has 0 aromatic carbocycles. The maximum atomic E-state index is 11.1. The molecular weight excluding hydrogens is 242 g/mol. The second-order valence-electron chi connectivity index (χ2n) is 4.89. The molecule has 0 saturated heterocycles. The third kappa shape index (κ3) is 6.96. The molecule has 0 bridgehead atoms. The summed E-state index contributed by atoms with van der Waals surface area (Å²) in [4.78, 5) is 18.0. The van der Waals surface area contributed by atoms with Gasteiger partial charge in [0.1, 0.15) is 6.04 Å². The number of aliphatic carboxylic acids is 1. The van der Waals surface area contributed by atoms with Gasteiger partial charge in [0, 0.05) is 18.3 Å². The molecule has 0 radical (unpaired) electrons. The number of aromatic nitrogens is 2. The first kappa shape index (κ1) is 15.7. The van der Waals surface area contributed by atoms with Crippen molar-refractivity contribution in [3.63, 3.8) is 0 Å². The van der Waals surface area contributed by atoms with Gasteiger partial charge in [0.05, 0.1) is 6.33 Å². The van der Waals surface area contributed by atoms with E-state index in [-0.39, 0.29) is 0 Å². The van der Waals surface area contributed by atoms with Gasteiger partial charge in [-0.05, 0) is 13.0 Å². The molecule has 19 heavy (non-hydrogen) atoms. The zero-order chi connectivity index (χ0) is 13.9. The van der Waals surface area contributed by atoms with Crippen LogP contribution in [0.25, 0.3) is 0 Å². The molecule has 108 valence electrons. The molecule has 0 aliphatic rings. The van der Waals surface area contributed by atoms with E-state index in [1.54, 1.807) is 12.5 Å². The number of rotatable bonds is 11. The van der Waals surface area contributed by atoms with Crippen molar-refractivity contribution in [3.05, 3.63) is 18.2 Å². The standard InChI is InChI=1S/C14H25N3O2/c1-2-3-4-5-6-7-8-16-13(14(18)19)9-12-10-15-11-17-12/h10-11,13,16H,2-9H2,1H3,(H,15,17)(H,18,19). The summed E-state index contributed by atoms with van der Waals surface area (Å²) in [6, 6.07) is -0.531. The second kappa shape index (κ2) is 9.55. The number of nitrogens with one attached hydrogen (secondary N) is 2. The zero-order valence-corrected chi connectivity index (χ0v) is 11.7. The highest BCUT2D eigenvalue weighted by molar-refractivity contribution is 5.73. The van der Waals surface area contributed by atoms with Crippen LogP contribution in [-0.2, 0) is 11.2 Å². The van der Waals surface area contributed by atoms with Gasteiger partial charge in [-0.25, -0.2) is 4.98 Å². The molecule has 0 spiro atoms. The predicted octanol–water partition coefficient (Wildman–Crippen LogP) is 2.36. The SMILES string of the molecule is CCCCCCCCNC(Cc1cnc[nH]1)C(=O)O. The summed E-state index contributed by atoms with van der Waals surface area (Å²) < 4.78 is 0. The molecule has 1 rings (SSSR count). The Kier molecular flexibility index (Phi) is 7.89. The van der Waals surface area contributed by atoms with Crippen molar-refractivity contribution in [1.82, 2.24) is 15.3 Å². The molecule has 0 amide bonds. The lowest BCUT2D eigenvalue weighted by molar-refractivity contribution is -0.139. The van der Waals surface area contributed by atoms with E-state index in [0.29, 0.717) is 6.42 Å². The van der Waals surface area contributed by atoms with Crippen molar-refractivity contribution in [2.45, 2.75) is 57.9 Å². The molecule has 3 N–H and O–H groups in total. The first-order chi connectivity index (χ1) is 9.24. The number of nitrogens with zero attached hydrogens (tertiary/aromatic N) is 1. The summed E-state index contributed by atoms with van der Waals surface area (Å²) >= 11 is 0. The molecule has 0 aliphatic carbocycles. The average Bonchev–Trinajstić information content (AvgIpc) is 2.89. The van der Waals surface area contributed by atoms with Crippen molar-refractivity contribution in [3.8, 4) is 0 Å². The van der Waals surface area contributed by atoms with Crippen molar-refractivity contribution in [2.24, 2.45) is 0 Å². The molecular formula is C14H25N3O2. The van der Waals surface area contributed by atoms with Gasteiger partial charge in [0.2, 0.25) is 0 Å². The van der Waals surface area contributed by atoms with E-state index < -0.39 is 12.0 Å². The molecule has 1 aromatic rings. The van der Waals surface area contributed by atoms with Crippen LogP contribution in [0.5, 0.6) is 0 Å². The van der Waals surface area contributed by atoms with E-state index in [2.05, 4.69) is 22.2 Å². The molecule has 0 fully saturated rings. The van der Waals surface area contributed by atoms with Crippen molar-refractivity contribution in [2.75, 3.05) is 6.54 Å². The van der Waals surface area contributed by atoms with Crippen LogP contribution in [-0.4, -0.2) is 33.6 Å². The molecule has 5 nitrogen and oxygen atoms in total. The lowest BCUT2D eigenvalue weighted by Crippen LogP contribution is -2.39. The van der Waals surface area contributed by atoms with Crippen LogP contribution in [0, 0.1) is 0 Å². The molecule has 1 heterocycles. The fourth-order valence-corrected chi connectivity index (χ4v) is 2.04. The summed E-state index contributed by atoms with van der Waals surface area (Å²) in [5.74, 6) is -0.805. The number of carboxylic acids is 1. The molecule has 1 atom stereocenters. The highest BCUT2D eigenvalue weighted by Crippen LogP contribution is 2.05. The Bertz CT molecular complexity index is 338. The number of carboxylic acid groups (broad SMARTS) is 1. The first-order valence-electron chi connectivity index (χ1n) is 7.17. The topological polar surface area (TPSA) is 78.0 Å². The summed E-state index contributed by atoms with van der Waals surface area (Å²) in [6.45, 7) is 2.96.